The molecule has 4 nitrogen and oxygen atoms in total. The Morgan fingerprint density at radius 3 is 2.05 bits per heavy atom. The van der Waals surface area contributed by atoms with E-state index in [-0.39, 0.29) is 5.91 Å². The highest BCUT2D eigenvalue weighted by Crippen LogP contribution is 2.33. The fraction of sp³-hybridized carbons (Fsp3) is 0.125. The summed E-state index contributed by atoms with van der Waals surface area (Å²) in [7, 11) is 0. The Morgan fingerprint density at radius 1 is 0.905 bits per heavy atom. The van der Waals surface area contributed by atoms with Crippen molar-refractivity contribution in [2.24, 2.45) is 0 Å². The first-order valence-corrected chi connectivity index (χ1v) is 7.73. The molecule has 1 aliphatic rings. The maximum absolute atomic E-state index is 12.5. The van der Waals surface area contributed by atoms with Gasteiger partial charge in [0.15, 0.2) is 5.54 Å². The van der Waals surface area contributed by atoms with E-state index in [1.54, 1.807) is 11.8 Å². The maximum Gasteiger partial charge on any atom is 0.322 e. The van der Waals surface area contributed by atoms with Crippen LogP contribution in [0.25, 0.3) is 0 Å². The van der Waals surface area contributed by atoms with Crippen molar-refractivity contribution in [2.45, 2.75) is 10.4 Å². The Labute approximate surface area is 126 Å². The van der Waals surface area contributed by atoms with E-state index < -0.39 is 11.6 Å². The highest BCUT2D eigenvalue weighted by Gasteiger charge is 2.49. The zero-order chi connectivity index (χ0) is 14.9. The van der Waals surface area contributed by atoms with E-state index in [4.69, 9.17) is 0 Å². The Bertz CT molecular complexity index is 685. The molecule has 0 radical (unpaired) electrons. The van der Waals surface area contributed by atoms with Gasteiger partial charge in [0.05, 0.1) is 0 Å². The molecule has 0 aromatic heterocycles. The molecule has 1 fully saturated rings. The van der Waals surface area contributed by atoms with Crippen LogP contribution in [0.1, 0.15) is 11.1 Å². The number of amides is 3. The first-order chi connectivity index (χ1) is 10.2. The Kier molecular flexibility index (Phi) is 3.43. The molecule has 106 valence electrons. The number of nitrogens with one attached hydrogen (secondary N) is 2. The summed E-state index contributed by atoms with van der Waals surface area (Å²) < 4.78 is 0. The van der Waals surface area contributed by atoms with E-state index >= 15 is 0 Å². The van der Waals surface area contributed by atoms with Crippen molar-refractivity contribution in [3.8, 4) is 0 Å². The third kappa shape index (κ3) is 2.19. The van der Waals surface area contributed by atoms with Gasteiger partial charge in [-0.25, -0.2) is 4.79 Å². The lowest BCUT2D eigenvalue weighted by atomic mass is 9.83. The van der Waals surface area contributed by atoms with E-state index in [2.05, 4.69) is 10.6 Å². The summed E-state index contributed by atoms with van der Waals surface area (Å²) >= 11 is 1.63. The van der Waals surface area contributed by atoms with Crippen molar-refractivity contribution in [3.63, 3.8) is 0 Å². The van der Waals surface area contributed by atoms with Crippen LogP contribution < -0.4 is 10.6 Å². The average molecular weight is 298 g/mol. The lowest BCUT2D eigenvalue weighted by molar-refractivity contribution is -0.122. The fourth-order valence-corrected chi connectivity index (χ4v) is 2.97. The van der Waals surface area contributed by atoms with Gasteiger partial charge in [-0.05, 0) is 29.5 Å². The predicted octanol–water partition coefficient (Wildman–Crippen LogP) is 2.49. The second-order valence-corrected chi connectivity index (χ2v) is 5.63. The van der Waals surface area contributed by atoms with Crippen LogP contribution in [0.5, 0.6) is 0 Å². The average Bonchev–Trinajstić information content (AvgIpc) is 2.84. The summed E-state index contributed by atoms with van der Waals surface area (Å²) in [6, 6.07) is 16.4. The molecule has 0 saturated carbocycles. The molecule has 0 bridgehead atoms. The van der Waals surface area contributed by atoms with Gasteiger partial charge in [0.2, 0.25) is 0 Å². The first kappa shape index (κ1) is 13.7. The summed E-state index contributed by atoms with van der Waals surface area (Å²) in [6.07, 6.45) is 1.99. The molecule has 1 unspecified atom stereocenters. The molecular weight excluding hydrogens is 284 g/mol. The minimum atomic E-state index is -1.16. The van der Waals surface area contributed by atoms with E-state index in [0.29, 0.717) is 0 Å². The minimum Gasteiger partial charge on any atom is -0.316 e. The van der Waals surface area contributed by atoms with Crippen LogP contribution in [0.4, 0.5) is 4.79 Å². The van der Waals surface area contributed by atoms with Crippen LogP contribution in [0.2, 0.25) is 0 Å². The van der Waals surface area contributed by atoms with Gasteiger partial charge in [-0.3, -0.25) is 10.1 Å². The Balaban J connectivity index is 2.17. The van der Waals surface area contributed by atoms with Gasteiger partial charge in [-0.15, -0.1) is 11.8 Å². The number of carbonyl (C=O) groups excluding carboxylic acids is 2. The molecule has 5 heteroatoms. The van der Waals surface area contributed by atoms with Crippen molar-refractivity contribution in [2.75, 3.05) is 6.26 Å². The number of imide groups is 1. The summed E-state index contributed by atoms with van der Waals surface area (Å²) in [5.41, 5.74) is 0.329. The maximum atomic E-state index is 12.5. The number of benzene rings is 2. The number of thioether (sulfide) groups is 1. The number of hydrogen-bond acceptors (Lipinski definition) is 3. The Morgan fingerprint density at radius 2 is 1.52 bits per heavy atom. The van der Waals surface area contributed by atoms with Crippen LogP contribution in [-0.4, -0.2) is 18.2 Å². The van der Waals surface area contributed by atoms with E-state index in [0.717, 1.165) is 16.0 Å². The second kappa shape index (κ2) is 5.26. The molecule has 0 spiro atoms. The number of hydrogen-bond donors (Lipinski definition) is 2. The smallest absolute Gasteiger partial charge is 0.316 e. The molecule has 3 rings (SSSR count). The van der Waals surface area contributed by atoms with E-state index in [1.165, 1.54) is 0 Å². The fourth-order valence-electron chi connectivity index (χ4n) is 2.56. The predicted molar refractivity (Wildman–Crippen MR) is 82.1 cm³/mol. The van der Waals surface area contributed by atoms with Gasteiger partial charge < -0.3 is 5.32 Å². The van der Waals surface area contributed by atoms with Crippen molar-refractivity contribution >= 4 is 23.7 Å². The summed E-state index contributed by atoms with van der Waals surface area (Å²) in [4.78, 5) is 25.3. The van der Waals surface area contributed by atoms with Crippen LogP contribution in [0, 0.1) is 0 Å². The summed E-state index contributed by atoms with van der Waals surface area (Å²) in [5, 5.41) is 5.12. The molecule has 1 saturated heterocycles. The third-order valence-electron chi connectivity index (χ3n) is 3.60. The zero-order valence-electron chi connectivity index (χ0n) is 11.4. The normalized spacial score (nSPS) is 21.0. The largest absolute Gasteiger partial charge is 0.322 e. The molecule has 21 heavy (non-hydrogen) atoms. The summed E-state index contributed by atoms with van der Waals surface area (Å²) in [5.74, 6) is -0.351. The molecule has 1 heterocycles. The van der Waals surface area contributed by atoms with Crippen LogP contribution >= 0.6 is 11.8 Å². The van der Waals surface area contributed by atoms with Crippen molar-refractivity contribution in [1.82, 2.24) is 10.6 Å². The third-order valence-corrected chi connectivity index (χ3v) is 4.34. The highest BCUT2D eigenvalue weighted by atomic mass is 32.2. The second-order valence-electron chi connectivity index (χ2n) is 4.75. The number of urea groups is 1. The Hall–Kier alpha value is -2.27. The van der Waals surface area contributed by atoms with Crippen molar-refractivity contribution < 1.29 is 9.59 Å². The molecule has 1 aliphatic heterocycles. The molecule has 3 amide bonds. The lowest BCUT2D eigenvalue weighted by Crippen LogP contribution is -2.44. The number of carbonyl (C=O) groups is 2. The molecule has 1 atom stereocenters. The molecule has 2 aromatic rings. The lowest BCUT2D eigenvalue weighted by Gasteiger charge is -2.27. The van der Waals surface area contributed by atoms with Gasteiger partial charge in [0, 0.05) is 4.90 Å². The number of rotatable bonds is 3. The van der Waals surface area contributed by atoms with Crippen LogP contribution in [-0.2, 0) is 10.3 Å². The van der Waals surface area contributed by atoms with Crippen molar-refractivity contribution in [1.29, 1.82) is 0 Å². The summed E-state index contributed by atoms with van der Waals surface area (Å²) in [6.45, 7) is 0. The standard InChI is InChI=1S/C16H14N2O2S/c1-21-13-9-7-12(8-10-13)16(11-5-3-2-4-6-11)14(19)17-15(20)18-16/h2-10H,1H3,(H2,17,18,19,20). The molecule has 2 N–H and O–H groups in total. The molecule has 0 aliphatic carbocycles. The SMILES string of the molecule is CSc1ccc(C2(c3ccccc3)NC(=O)NC2=O)cc1. The van der Waals surface area contributed by atoms with Gasteiger partial charge >= 0.3 is 6.03 Å². The highest BCUT2D eigenvalue weighted by molar-refractivity contribution is 7.98. The topological polar surface area (TPSA) is 58.2 Å². The van der Waals surface area contributed by atoms with Gasteiger partial charge in [-0.2, -0.15) is 0 Å². The van der Waals surface area contributed by atoms with Crippen molar-refractivity contribution in [3.05, 3.63) is 65.7 Å². The van der Waals surface area contributed by atoms with Gasteiger partial charge in [0.1, 0.15) is 0 Å². The first-order valence-electron chi connectivity index (χ1n) is 6.50. The van der Waals surface area contributed by atoms with Gasteiger partial charge in [-0.1, -0.05) is 42.5 Å². The van der Waals surface area contributed by atoms with Crippen LogP contribution in [0.3, 0.4) is 0 Å². The molecule has 2 aromatic carbocycles. The quantitative estimate of drug-likeness (QED) is 0.676. The monoisotopic (exact) mass is 298 g/mol. The minimum absolute atomic E-state index is 0.351. The van der Waals surface area contributed by atoms with Gasteiger partial charge in [0.25, 0.3) is 5.91 Å². The zero-order valence-corrected chi connectivity index (χ0v) is 12.2. The molecular formula is C16H14N2O2S. The van der Waals surface area contributed by atoms with E-state index in [1.807, 2.05) is 60.9 Å². The van der Waals surface area contributed by atoms with E-state index in [9.17, 15) is 9.59 Å². The van der Waals surface area contributed by atoms with Crippen LogP contribution in [0.15, 0.2) is 59.5 Å².